The molecule has 0 spiro atoms. The molecule has 1 aromatic carbocycles. The number of rotatable bonds is 5. The molecule has 1 aromatic rings. The van der Waals surface area contributed by atoms with E-state index in [9.17, 15) is 0 Å². The van der Waals surface area contributed by atoms with Crippen molar-refractivity contribution in [3.8, 4) is 0 Å². The average Bonchev–Trinajstić information content (AvgIpc) is 2.78. The lowest BCUT2D eigenvalue weighted by atomic mass is 10.2. The van der Waals surface area contributed by atoms with E-state index >= 15 is 0 Å². The van der Waals surface area contributed by atoms with Crippen LogP contribution >= 0.6 is 15.8 Å². The van der Waals surface area contributed by atoms with Crippen LogP contribution in [0.1, 0.15) is 60.8 Å². The third kappa shape index (κ3) is 3.71. The molecule has 4 atom stereocenters. The Labute approximate surface area is 134 Å². The molecule has 118 valence electrons. The lowest BCUT2D eigenvalue weighted by molar-refractivity contribution is 0.777. The number of hydrogen-bond donors (Lipinski definition) is 0. The van der Waals surface area contributed by atoms with Gasteiger partial charge in [-0.05, 0) is 52.5 Å². The van der Waals surface area contributed by atoms with Gasteiger partial charge in [0.15, 0.2) is 0 Å². The second kappa shape index (κ2) is 7.57. The van der Waals surface area contributed by atoms with Gasteiger partial charge >= 0.3 is 0 Å². The minimum Gasteiger partial charge on any atom is -0.0691 e. The quantitative estimate of drug-likeness (QED) is 0.612. The molecular weight excluding hydrogens is 290 g/mol. The van der Waals surface area contributed by atoms with Crippen LogP contribution in [0.3, 0.4) is 0 Å². The molecule has 0 radical (unpaired) electrons. The highest BCUT2D eigenvalue weighted by atomic mass is 31.1. The Morgan fingerprint density at radius 3 is 2.19 bits per heavy atom. The van der Waals surface area contributed by atoms with Crippen LogP contribution in [0.25, 0.3) is 0 Å². The second-order valence-corrected chi connectivity index (χ2v) is 13.2. The highest BCUT2D eigenvalue weighted by molar-refractivity contribution is 7.73. The molecule has 0 N–H and O–H groups in total. The minimum absolute atomic E-state index is 0.0349. The summed E-state index contributed by atoms with van der Waals surface area (Å²) >= 11 is 0. The van der Waals surface area contributed by atoms with Crippen molar-refractivity contribution in [2.24, 2.45) is 0 Å². The Hall–Kier alpha value is 0.0800. The summed E-state index contributed by atoms with van der Waals surface area (Å²) in [4.78, 5) is 0. The van der Waals surface area contributed by atoms with Crippen LogP contribution in [0.5, 0.6) is 0 Å². The van der Waals surface area contributed by atoms with E-state index in [0.717, 1.165) is 22.6 Å². The van der Waals surface area contributed by atoms with E-state index in [0.29, 0.717) is 0 Å². The Morgan fingerprint density at radius 1 is 1.10 bits per heavy atom. The molecule has 0 aromatic heterocycles. The van der Waals surface area contributed by atoms with E-state index < -0.39 is 0 Å². The maximum Gasteiger partial charge on any atom is -0.0158 e. The summed E-state index contributed by atoms with van der Waals surface area (Å²) in [6.07, 6.45) is 4.18. The Kier molecular flexibility index (Phi) is 6.28. The van der Waals surface area contributed by atoms with E-state index in [-0.39, 0.29) is 15.8 Å². The number of hydrogen-bond acceptors (Lipinski definition) is 0. The minimum atomic E-state index is -0.0349. The third-order valence-electron chi connectivity index (χ3n) is 5.01. The van der Waals surface area contributed by atoms with Crippen molar-refractivity contribution in [2.75, 3.05) is 0 Å². The first-order valence-corrected chi connectivity index (χ1v) is 11.6. The summed E-state index contributed by atoms with van der Waals surface area (Å²) in [6.45, 7) is 14.7. The van der Waals surface area contributed by atoms with Gasteiger partial charge in [-0.3, -0.25) is 0 Å². The fourth-order valence-corrected chi connectivity index (χ4v) is 10.8. The molecule has 0 amide bonds. The maximum atomic E-state index is 2.49. The van der Waals surface area contributed by atoms with Crippen molar-refractivity contribution in [1.29, 1.82) is 0 Å². The van der Waals surface area contributed by atoms with Crippen LogP contribution < -0.4 is 10.6 Å². The van der Waals surface area contributed by atoms with Crippen LogP contribution in [0, 0.1) is 0 Å². The molecule has 1 aliphatic rings. The third-order valence-corrected chi connectivity index (χ3v) is 11.9. The Bertz CT molecular complexity index is 445. The summed E-state index contributed by atoms with van der Waals surface area (Å²) < 4.78 is 0. The molecule has 1 heterocycles. The topological polar surface area (TPSA) is 0 Å². The van der Waals surface area contributed by atoms with Crippen molar-refractivity contribution in [1.82, 2.24) is 0 Å². The molecule has 0 nitrogen and oxygen atoms in total. The molecule has 0 saturated carbocycles. The molecular formula is C19H32P2. The zero-order valence-corrected chi connectivity index (χ0v) is 16.4. The van der Waals surface area contributed by atoms with Crippen LogP contribution in [0.4, 0.5) is 0 Å². The lowest BCUT2D eigenvalue weighted by Gasteiger charge is -2.33. The van der Waals surface area contributed by atoms with Gasteiger partial charge in [0.2, 0.25) is 0 Å². The predicted octanol–water partition coefficient (Wildman–Crippen LogP) is 5.68. The molecule has 0 aliphatic carbocycles. The van der Waals surface area contributed by atoms with Crippen molar-refractivity contribution in [2.45, 2.75) is 83.4 Å². The summed E-state index contributed by atoms with van der Waals surface area (Å²) in [5.41, 5.74) is 3.46. The Balaban J connectivity index is 2.44. The van der Waals surface area contributed by atoms with Gasteiger partial charge in [-0.15, -0.1) is 0 Å². The van der Waals surface area contributed by atoms with Gasteiger partial charge in [-0.25, -0.2) is 0 Å². The van der Waals surface area contributed by atoms with Crippen molar-refractivity contribution >= 4 is 26.5 Å². The van der Waals surface area contributed by atoms with Gasteiger partial charge < -0.3 is 0 Å². The average molecular weight is 322 g/mol. The zero-order chi connectivity index (χ0) is 15.6. The highest BCUT2D eigenvalue weighted by Crippen LogP contribution is 2.56. The standard InChI is InChI=1S/C19H32P2/c1-7-15(4)20(14(2)3)18-10-8-9-11-19(18)21-16(5)12-13-17(21)6/h8-11,14-17H,7,12-13H2,1-6H3/t15-,16+,17+,20?/m0/s1. The van der Waals surface area contributed by atoms with Gasteiger partial charge in [0.25, 0.3) is 0 Å². The van der Waals surface area contributed by atoms with E-state index in [1.807, 2.05) is 0 Å². The Morgan fingerprint density at radius 2 is 1.67 bits per heavy atom. The summed E-state index contributed by atoms with van der Waals surface area (Å²) in [5, 5.41) is 3.49. The molecule has 1 saturated heterocycles. The summed E-state index contributed by atoms with van der Waals surface area (Å²) in [6, 6.07) is 9.50. The van der Waals surface area contributed by atoms with Gasteiger partial charge in [-0.1, -0.05) is 81.7 Å². The van der Waals surface area contributed by atoms with E-state index in [1.54, 1.807) is 10.6 Å². The van der Waals surface area contributed by atoms with E-state index in [4.69, 9.17) is 0 Å². The summed E-state index contributed by atoms with van der Waals surface area (Å²) in [7, 11) is 0.0109. The van der Waals surface area contributed by atoms with Crippen molar-refractivity contribution < 1.29 is 0 Å². The molecule has 2 rings (SSSR count). The van der Waals surface area contributed by atoms with E-state index in [2.05, 4.69) is 65.8 Å². The van der Waals surface area contributed by atoms with Gasteiger partial charge in [-0.2, -0.15) is 0 Å². The highest BCUT2D eigenvalue weighted by Gasteiger charge is 2.34. The van der Waals surface area contributed by atoms with Gasteiger partial charge in [0.05, 0.1) is 0 Å². The summed E-state index contributed by atoms with van der Waals surface area (Å²) in [5.74, 6) is 0. The molecule has 1 aliphatic heterocycles. The lowest BCUT2D eigenvalue weighted by Crippen LogP contribution is -2.30. The predicted molar refractivity (Wildman–Crippen MR) is 103 cm³/mol. The van der Waals surface area contributed by atoms with Crippen LogP contribution in [-0.4, -0.2) is 22.6 Å². The van der Waals surface area contributed by atoms with Crippen molar-refractivity contribution in [3.63, 3.8) is 0 Å². The van der Waals surface area contributed by atoms with Crippen molar-refractivity contribution in [3.05, 3.63) is 24.3 Å². The zero-order valence-electron chi connectivity index (χ0n) is 14.6. The smallest absolute Gasteiger partial charge is 0.0158 e. The molecule has 21 heavy (non-hydrogen) atoms. The van der Waals surface area contributed by atoms with Crippen LogP contribution in [-0.2, 0) is 0 Å². The molecule has 0 bridgehead atoms. The van der Waals surface area contributed by atoms with Gasteiger partial charge in [0, 0.05) is 0 Å². The maximum absolute atomic E-state index is 2.49. The first-order chi connectivity index (χ1) is 9.97. The number of benzene rings is 1. The molecule has 1 fully saturated rings. The first-order valence-electron chi connectivity index (χ1n) is 8.63. The van der Waals surface area contributed by atoms with Crippen LogP contribution in [0.2, 0.25) is 0 Å². The fraction of sp³-hybridized carbons (Fsp3) is 0.684. The van der Waals surface area contributed by atoms with E-state index in [1.165, 1.54) is 19.3 Å². The first kappa shape index (κ1) is 17.4. The fourth-order valence-electron chi connectivity index (χ4n) is 3.79. The SMILES string of the molecule is CC[C@H](C)P(c1ccccc1P1[C@H](C)CC[C@H]1C)C(C)C. The second-order valence-electron chi connectivity index (χ2n) is 6.93. The monoisotopic (exact) mass is 322 g/mol. The largest absolute Gasteiger partial charge is 0.0691 e. The van der Waals surface area contributed by atoms with Crippen LogP contribution in [0.15, 0.2) is 24.3 Å². The van der Waals surface area contributed by atoms with Gasteiger partial charge in [0.1, 0.15) is 0 Å². The normalized spacial score (nSPS) is 26.2. The molecule has 2 heteroatoms. The molecule has 1 unspecified atom stereocenters.